The van der Waals surface area contributed by atoms with E-state index in [-0.39, 0.29) is 0 Å². The summed E-state index contributed by atoms with van der Waals surface area (Å²) in [6, 6.07) is 5.40. The molecule has 0 saturated heterocycles. The molecule has 1 aromatic rings. The van der Waals surface area contributed by atoms with Crippen LogP contribution in [0.5, 0.6) is 11.5 Å². The van der Waals surface area contributed by atoms with E-state index in [1.807, 2.05) is 12.1 Å². The fourth-order valence-corrected chi connectivity index (χ4v) is 2.20. The summed E-state index contributed by atoms with van der Waals surface area (Å²) in [5.74, 6) is 1.26. The van der Waals surface area contributed by atoms with Crippen LogP contribution in [0.4, 0.5) is 0 Å². The molecule has 0 saturated carbocycles. The minimum absolute atomic E-state index is 0.330. The Bertz CT molecular complexity index is 407. The number of allylic oxidation sites excluding steroid dienone is 1. The van der Waals surface area contributed by atoms with Gasteiger partial charge in [0.25, 0.3) is 0 Å². The Morgan fingerprint density at radius 1 is 1.18 bits per heavy atom. The molecule has 0 fully saturated rings. The zero-order valence-corrected chi connectivity index (χ0v) is 10.4. The summed E-state index contributed by atoms with van der Waals surface area (Å²) in [7, 11) is 0. The van der Waals surface area contributed by atoms with Crippen molar-refractivity contribution in [1.82, 2.24) is 0 Å². The van der Waals surface area contributed by atoms with Crippen LogP contribution in [0, 0.1) is 0 Å². The van der Waals surface area contributed by atoms with E-state index in [0.717, 1.165) is 37.2 Å². The SMILES string of the molecule is C/C1=C/CCOc2ccc(O)cc2CCCC1. The van der Waals surface area contributed by atoms with E-state index in [2.05, 4.69) is 13.0 Å². The third-order valence-electron chi connectivity index (χ3n) is 3.18. The number of benzene rings is 1. The summed E-state index contributed by atoms with van der Waals surface area (Å²) in [6.45, 7) is 2.91. The van der Waals surface area contributed by atoms with Crippen molar-refractivity contribution in [1.29, 1.82) is 0 Å². The normalized spacial score (nSPS) is 20.4. The van der Waals surface area contributed by atoms with Crippen LogP contribution in [-0.2, 0) is 6.42 Å². The maximum Gasteiger partial charge on any atom is 0.122 e. The second-order valence-corrected chi connectivity index (χ2v) is 4.69. The molecule has 0 bridgehead atoms. The Kier molecular flexibility index (Phi) is 4.08. The van der Waals surface area contributed by atoms with Gasteiger partial charge >= 0.3 is 0 Å². The minimum atomic E-state index is 0.330. The average molecular weight is 232 g/mol. The lowest BCUT2D eigenvalue weighted by Gasteiger charge is -2.10. The zero-order chi connectivity index (χ0) is 12.1. The van der Waals surface area contributed by atoms with E-state index < -0.39 is 0 Å². The predicted octanol–water partition coefficient (Wildman–Crippen LogP) is 3.83. The third kappa shape index (κ3) is 3.52. The van der Waals surface area contributed by atoms with E-state index in [1.165, 1.54) is 18.4 Å². The van der Waals surface area contributed by atoms with Gasteiger partial charge < -0.3 is 9.84 Å². The molecule has 0 radical (unpaired) electrons. The van der Waals surface area contributed by atoms with Crippen LogP contribution in [0.25, 0.3) is 0 Å². The van der Waals surface area contributed by atoms with Crippen LogP contribution >= 0.6 is 0 Å². The predicted molar refractivity (Wildman–Crippen MR) is 69.5 cm³/mol. The molecule has 2 heteroatoms. The molecule has 1 heterocycles. The highest BCUT2D eigenvalue weighted by Crippen LogP contribution is 2.26. The average Bonchev–Trinajstić information content (AvgIpc) is 2.35. The van der Waals surface area contributed by atoms with E-state index in [1.54, 1.807) is 6.07 Å². The van der Waals surface area contributed by atoms with Gasteiger partial charge in [-0.1, -0.05) is 11.6 Å². The molecular formula is C15H20O2. The van der Waals surface area contributed by atoms with E-state index in [0.29, 0.717) is 5.75 Å². The van der Waals surface area contributed by atoms with Crippen molar-refractivity contribution in [2.45, 2.75) is 39.0 Å². The van der Waals surface area contributed by atoms with Crippen molar-refractivity contribution in [2.24, 2.45) is 0 Å². The number of hydrogen-bond donors (Lipinski definition) is 1. The molecular weight excluding hydrogens is 212 g/mol. The molecule has 0 amide bonds. The second kappa shape index (κ2) is 5.76. The number of phenols is 1. The molecule has 0 atom stereocenters. The van der Waals surface area contributed by atoms with Crippen molar-refractivity contribution in [2.75, 3.05) is 6.61 Å². The molecule has 0 unspecified atom stereocenters. The monoisotopic (exact) mass is 232 g/mol. The topological polar surface area (TPSA) is 29.5 Å². The highest BCUT2D eigenvalue weighted by atomic mass is 16.5. The molecule has 1 aromatic carbocycles. The standard InChI is InChI=1S/C15H20O2/c1-12-5-2-3-7-13-11-14(16)8-9-15(13)17-10-4-6-12/h6,8-9,11,16H,2-5,7,10H2,1H3/b12-6-. The maximum atomic E-state index is 9.51. The summed E-state index contributed by atoms with van der Waals surface area (Å²) in [5.41, 5.74) is 2.59. The van der Waals surface area contributed by atoms with Gasteiger partial charge in [0.05, 0.1) is 6.61 Å². The molecule has 1 N–H and O–H groups in total. The smallest absolute Gasteiger partial charge is 0.122 e. The lowest BCUT2D eigenvalue weighted by molar-refractivity contribution is 0.320. The molecule has 2 nitrogen and oxygen atoms in total. The number of aryl methyl sites for hydroxylation is 1. The first-order valence-corrected chi connectivity index (χ1v) is 6.36. The van der Waals surface area contributed by atoms with Crippen molar-refractivity contribution >= 4 is 0 Å². The highest BCUT2D eigenvalue weighted by molar-refractivity contribution is 5.39. The lowest BCUT2D eigenvalue weighted by Crippen LogP contribution is -1.99. The fraction of sp³-hybridized carbons (Fsp3) is 0.467. The van der Waals surface area contributed by atoms with Crippen molar-refractivity contribution < 1.29 is 9.84 Å². The van der Waals surface area contributed by atoms with Crippen molar-refractivity contribution in [3.8, 4) is 11.5 Å². The third-order valence-corrected chi connectivity index (χ3v) is 3.18. The van der Waals surface area contributed by atoms with Gasteiger partial charge in [0.1, 0.15) is 11.5 Å². The number of rotatable bonds is 0. The lowest BCUT2D eigenvalue weighted by atomic mass is 10.0. The Balaban J connectivity index is 2.13. The van der Waals surface area contributed by atoms with Gasteiger partial charge in [0, 0.05) is 0 Å². The first-order valence-electron chi connectivity index (χ1n) is 6.36. The van der Waals surface area contributed by atoms with E-state index in [4.69, 9.17) is 4.74 Å². The summed E-state index contributed by atoms with van der Waals surface area (Å²) < 4.78 is 5.77. The highest BCUT2D eigenvalue weighted by Gasteiger charge is 2.06. The Morgan fingerprint density at radius 2 is 2.00 bits per heavy atom. The number of hydrogen-bond acceptors (Lipinski definition) is 2. The van der Waals surface area contributed by atoms with Gasteiger partial charge in [0.2, 0.25) is 0 Å². The second-order valence-electron chi connectivity index (χ2n) is 4.69. The van der Waals surface area contributed by atoms with Gasteiger partial charge in [-0.25, -0.2) is 0 Å². The van der Waals surface area contributed by atoms with Crippen LogP contribution in [-0.4, -0.2) is 11.7 Å². The van der Waals surface area contributed by atoms with Gasteiger partial charge in [0.15, 0.2) is 0 Å². The molecule has 0 spiro atoms. The first kappa shape index (κ1) is 12.0. The summed E-state index contributed by atoms with van der Waals surface area (Å²) >= 11 is 0. The molecule has 2 rings (SSSR count). The fourth-order valence-electron chi connectivity index (χ4n) is 2.20. The Hall–Kier alpha value is -1.44. The Labute approximate surface area is 103 Å². The summed E-state index contributed by atoms with van der Waals surface area (Å²) in [5, 5.41) is 9.51. The van der Waals surface area contributed by atoms with Crippen LogP contribution in [0.15, 0.2) is 29.8 Å². The first-order chi connectivity index (χ1) is 8.25. The van der Waals surface area contributed by atoms with Crippen molar-refractivity contribution in [3.63, 3.8) is 0 Å². The van der Waals surface area contributed by atoms with Crippen LogP contribution < -0.4 is 4.74 Å². The quantitative estimate of drug-likeness (QED) is 0.689. The van der Waals surface area contributed by atoms with E-state index in [9.17, 15) is 5.11 Å². The summed E-state index contributed by atoms with van der Waals surface area (Å²) in [6.07, 6.45) is 7.74. The van der Waals surface area contributed by atoms with Gasteiger partial charge in [-0.3, -0.25) is 0 Å². The minimum Gasteiger partial charge on any atom is -0.508 e. The van der Waals surface area contributed by atoms with Crippen LogP contribution in [0.3, 0.4) is 0 Å². The van der Waals surface area contributed by atoms with Crippen molar-refractivity contribution in [3.05, 3.63) is 35.4 Å². The molecule has 17 heavy (non-hydrogen) atoms. The number of fused-ring (bicyclic) bond motifs is 1. The van der Waals surface area contributed by atoms with Gasteiger partial charge in [-0.05, 0) is 62.8 Å². The van der Waals surface area contributed by atoms with Gasteiger partial charge in [-0.15, -0.1) is 0 Å². The Morgan fingerprint density at radius 3 is 2.88 bits per heavy atom. The molecule has 92 valence electrons. The zero-order valence-electron chi connectivity index (χ0n) is 10.4. The number of ether oxygens (including phenoxy) is 1. The largest absolute Gasteiger partial charge is 0.508 e. The number of aromatic hydroxyl groups is 1. The molecule has 0 aromatic heterocycles. The number of phenolic OH excluding ortho intramolecular Hbond substituents is 1. The molecule has 1 aliphatic rings. The van der Waals surface area contributed by atoms with E-state index >= 15 is 0 Å². The van der Waals surface area contributed by atoms with Gasteiger partial charge in [-0.2, -0.15) is 0 Å². The molecule has 0 aliphatic carbocycles. The summed E-state index contributed by atoms with van der Waals surface area (Å²) in [4.78, 5) is 0. The molecule has 1 aliphatic heterocycles. The maximum absolute atomic E-state index is 9.51. The van der Waals surface area contributed by atoms with Crippen LogP contribution in [0.1, 0.15) is 38.2 Å². The van der Waals surface area contributed by atoms with Crippen LogP contribution in [0.2, 0.25) is 0 Å².